The van der Waals surface area contributed by atoms with Crippen molar-refractivity contribution < 1.29 is 23.5 Å². The zero-order chi connectivity index (χ0) is 19.7. The van der Waals surface area contributed by atoms with Crippen LogP contribution in [0.25, 0.3) is 0 Å². The van der Waals surface area contributed by atoms with Crippen LogP contribution in [-0.2, 0) is 9.47 Å². The van der Waals surface area contributed by atoms with Gasteiger partial charge in [0.1, 0.15) is 17.9 Å². The van der Waals surface area contributed by atoms with Gasteiger partial charge in [0.25, 0.3) is 5.91 Å². The van der Waals surface area contributed by atoms with Crippen LogP contribution in [0, 0.1) is 6.92 Å². The molecule has 8 nitrogen and oxygen atoms in total. The van der Waals surface area contributed by atoms with Gasteiger partial charge in [0.2, 0.25) is 0 Å². The molecule has 1 aromatic heterocycles. The first-order chi connectivity index (χ1) is 13.5. The minimum absolute atomic E-state index is 0.0337. The van der Waals surface area contributed by atoms with Crippen molar-refractivity contribution in [3.63, 3.8) is 0 Å². The van der Waals surface area contributed by atoms with Crippen LogP contribution >= 0.6 is 0 Å². The standard InChI is InChI=1S/C20H20N2O6/c1-12-9-16(13-5-7-26-11-13)28-19(24)17(12)18(23)21-14-3-2-4-15(10-14)22-6-8-27-20(22)25/h2-4,9-10,13H,5-8,11H2,1H3,(H,21,23). The van der Waals surface area contributed by atoms with Gasteiger partial charge in [0.05, 0.1) is 13.2 Å². The lowest BCUT2D eigenvalue weighted by Gasteiger charge is -2.14. The molecule has 1 unspecified atom stereocenters. The van der Waals surface area contributed by atoms with E-state index in [1.165, 1.54) is 4.90 Å². The molecule has 2 aliphatic rings. The summed E-state index contributed by atoms with van der Waals surface area (Å²) in [6, 6.07) is 8.54. The number of aryl methyl sites for hydroxylation is 1. The molecule has 2 aromatic rings. The number of carbonyl (C=O) groups excluding carboxylic acids is 2. The molecule has 8 heteroatoms. The first-order valence-corrected chi connectivity index (χ1v) is 9.11. The Balaban J connectivity index is 1.55. The number of hydrogen-bond donors (Lipinski definition) is 1. The lowest BCUT2D eigenvalue weighted by atomic mass is 10.0. The molecule has 0 aliphatic carbocycles. The van der Waals surface area contributed by atoms with Gasteiger partial charge in [0, 0.05) is 23.9 Å². The summed E-state index contributed by atoms with van der Waals surface area (Å²) in [5.41, 5.74) is 0.928. The zero-order valence-electron chi connectivity index (χ0n) is 15.4. The Hall–Kier alpha value is -3.13. The number of rotatable bonds is 4. The Morgan fingerprint density at radius 1 is 1.21 bits per heavy atom. The summed E-state index contributed by atoms with van der Waals surface area (Å²) in [7, 11) is 0. The molecule has 0 radical (unpaired) electrons. The number of nitrogens with zero attached hydrogens (tertiary/aromatic N) is 1. The molecule has 1 atom stereocenters. The number of cyclic esters (lactones) is 1. The summed E-state index contributed by atoms with van der Waals surface area (Å²) < 4.78 is 15.6. The van der Waals surface area contributed by atoms with Gasteiger partial charge in [-0.2, -0.15) is 0 Å². The van der Waals surface area contributed by atoms with E-state index in [-0.39, 0.29) is 11.5 Å². The summed E-state index contributed by atoms with van der Waals surface area (Å²) in [5, 5.41) is 2.71. The van der Waals surface area contributed by atoms with E-state index in [0.29, 0.717) is 49.1 Å². The van der Waals surface area contributed by atoms with Crippen LogP contribution in [0.1, 0.15) is 34.0 Å². The number of benzene rings is 1. The third kappa shape index (κ3) is 3.50. The van der Waals surface area contributed by atoms with Gasteiger partial charge in [-0.05, 0) is 43.2 Å². The molecular weight excluding hydrogens is 364 g/mol. The zero-order valence-corrected chi connectivity index (χ0v) is 15.4. The minimum Gasteiger partial charge on any atom is -0.447 e. The lowest BCUT2D eigenvalue weighted by molar-refractivity contribution is 0.102. The summed E-state index contributed by atoms with van der Waals surface area (Å²) in [6.45, 7) is 3.64. The monoisotopic (exact) mass is 384 g/mol. The van der Waals surface area contributed by atoms with Gasteiger partial charge in [-0.25, -0.2) is 9.59 Å². The Labute approximate surface area is 161 Å². The molecule has 0 spiro atoms. The van der Waals surface area contributed by atoms with E-state index in [1.54, 1.807) is 37.3 Å². The van der Waals surface area contributed by atoms with Crippen molar-refractivity contribution in [1.82, 2.24) is 0 Å². The molecule has 4 rings (SSSR count). The van der Waals surface area contributed by atoms with Crippen molar-refractivity contribution >= 4 is 23.4 Å². The molecule has 0 saturated carbocycles. The average molecular weight is 384 g/mol. The second kappa shape index (κ2) is 7.47. The fraction of sp³-hybridized carbons (Fsp3) is 0.350. The van der Waals surface area contributed by atoms with Crippen molar-refractivity contribution in [3.05, 3.63) is 57.6 Å². The number of nitrogens with one attached hydrogen (secondary N) is 1. The van der Waals surface area contributed by atoms with Crippen LogP contribution in [-0.4, -0.2) is 38.4 Å². The number of carbonyl (C=O) groups is 2. The predicted octanol–water partition coefficient (Wildman–Crippen LogP) is 2.66. The molecule has 2 saturated heterocycles. The molecule has 28 heavy (non-hydrogen) atoms. The SMILES string of the molecule is Cc1cc(C2CCOC2)oc(=O)c1C(=O)Nc1cccc(N2CCOC2=O)c1. The van der Waals surface area contributed by atoms with Gasteiger partial charge < -0.3 is 19.2 Å². The van der Waals surface area contributed by atoms with Gasteiger partial charge in [0.15, 0.2) is 0 Å². The van der Waals surface area contributed by atoms with Crippen molar-refractivity contribution in [1.29, 1.82) is 0 Å². The van der Waals surface area contributed by atoms with Crippen LogP contribution < -0.4 is 15.8 Å². The lowest BCUT2D eigenvalue weighted by Crippen LogP contribution is -2.25. The second-order valence-corrected chi connectivity index (χ2v) is 6.83. The Morgan fingerprint density at radius 3 is 2.75 bits per heavy atom. The van der Waals surface area contributed by atoms with Crippen LogP contribution in [0.3, 0.4) is 0 Å². The Morgan fingerprint density at radius 2 is 2.07 bits per heavy atom. The van der Waals surface area contributed by atoms with E-state index in [2.05, 4.69) is 5.32 Å². The number of amides is 2. The van der Waals surface area contributed by atoms with Crippen molar-refractivity contribution in [2.24, 2.45) is 0 Å². The fourth-order valence-corrected chi connectivity index (χ4v) is 3.44. The maximum absolute atomic E-state index is 12.7. The molecule has 2 fully saturated rings. The summed E-state index contributed by atoms with van der Waals surface area (Å²) in [4.78, 5) is 38.3. The largest absolute Gasteiger partial charge is 0.447 e. The smallest absolute Gasteiger partial charge is 0.414 e. The predicted molar refractivity (Wildman–Crippen MR) is 101 cm³/mol. The number of anilines is 2. The molecule has 3 heterocycles. The highest BCUT2D eigenvalue weighted by Gasteiger charge is 2.25. The van der Waals surface area contributed by atoms with Crippen LogP contribution in [0.5, 0.6) is 0 Å². The third-order valence-electron chi connectivity index (χ3n) is 4.90. The average Bonchev–Trinajstić information content (AvgIpc) is 3.33. The highest BCUT2D eigenvalue weighted by Crippen LogP contribution is 2.26. The molecular formula is C20H20N2O6. The van der Waals surface area contributed by atoms with Gasteiger partial charge in [-0.1, -0.05) is 6.07 Å². The van der Waals surface area contributed by atoms with Crippen LogP contribution in [0.4, 0.5) is 16.2 Å². The summed E-state index contributed by atoms with van der Waals surface area (Å²) in [5.74, 6) is 0.0353. The van der Waals surface area contributed by atoms with Crippen LogP contribution in [0.15, 0.2) is 39.5 Å². The quantitative estimate of drug-likeness (QED) is 0.870. The summed E-state index contributed by atoms with van der Waals surface area (Å²) >= 11 is 0. The van der Waals surface area contributed by atoms with Gasteiger partial charge in [-0.15, -0.1) is 0 Å². The first kappa shape index (κ1) is 18.2. The topological polar surface area (TPSA) is 98.1 Å². The van der Waals surface area contributed by atoms with E-state index < -0.39 is 17.6 Å². The normalized spacial score (nSPS) is 19.0. The van der Waals surface area contributed by atoms with E-state index in [1.807, 2.05) is 0 Å². The highest BCUT2D eigenvalue weighted by molar-refractivity contribution is 6.05. The molecule has 1 N–H and O–H groups in total. The molecule has 2 aliphatic heterocycles. The minimum atomic E-state index is -0.668. The van der Waals surface area contributed by atoms with E-state index in [4.69, 9.17) is 13.9 Å². The molecule has 0 bridgehead atoms. The maximum atomic E-state index is 12.7. The van der Waals surface area contributed by atoms with E-state index >= 15 is 0 Å². The third-order valence-corrected chi connectivity index (χ3v) is 4.90. The number of ether oxygens (including phenoxy) is 2. The highest BCUT2D eigenvalue weighted by atomic mass is 16.6. The molecule has 146 valence electrons. The summed E-state index contributed by atoms with van der Waals surface area (Å²) in [6.07, 6.45) is 0.367. The fourth-order valence-electron chi connectivity index (χ4n) is 3.44. The maximum Gasteiger partial charge on any atom is 0.414 e. The Kier molecular flexibility index (Phi) is 4.87. The first-order valence-electron chi connectivity index (χ1n) is 9.11. The van der Waals surface area contributed by atoms with Crippen molar-refractivity contribution in [3.8, 4) is 0 Å². The molecule has 2 amide bonds. The van der Waals surface area contributed by atoms with Gasteiger partial charge in [-0.3, -0.25) is 9.69 Å². The van der Waals surface area contributed by atoms with E-state index in [0.717, 1.165) is 6.42 Å². The number of hydrogen-bond acceptors (Lipinski definition) is 6. The molecule has 1 aromatic carbocycles. The van der Waals surface area contributed by atoms with Gasteiger partial charge >= 0.3 is 11.7 Å². The van der Waals surface area contributed by atoms with Crippen molar-refractivity contribution in [2.45, 2.75) is 19.3 Å². The Bertz CT molecular complexity index is 977. The van der Waals surface area contributed by atoms with Crippen molar-refractivity contribution in [2.75, 3.05) is 36.6 Å². The van der Waals surface area contributed by atoms with E-state index in [9.17, 15) is 14.4 Å². The van der Waals surface area contributed by atoms with Crippen LogP contribution in [0.2, 0.25) is 0 Å². The second-order valence-electron chi connectivity index (χ2n) is 6.83.